The lowest BCUT2D eigenvalue weighted by Gasteiger charge is -2.38. The van der Waals surface area contributed by atoms with E-state index in [0.717, 1.165) is 18.0 Å². The van der Waals surface area contributed by atoms with Crippen molar-refractivity contribution in [1.82, 2.24) is 9.88 Å². The third-order valence-corrected chi connectivity index (χ3v) is 2.51. The molecule has 0 aliphatic carbocycles. The topological polar surface area (TPSA) is 25.4 Å². The summed E-state index contributed by atoms with van der Waals surface area (Å²) in [6, 6.07) is 3.88. The molecule has 1 aromatic heterocycles. The summed E-state index contributed by atoms with van der Waals surface area (Å²) in [6.07, 6.45) is 1.81. The van der Waals surface area contributed by atoms with Crippen LogP contribution >= 0.6 is 0 Å². The average molecular weight is 192 g/mol. The van der Waals surface area contributed by atoms with Crippen LogP contribution in [0.1, 0.15) is 26.5 Å². The van der Waals surface area contributed by atoms with Crippen molar-refractivity contribution in [2.24, 2.45) is 0 Å². The number of rotatable bonds is 0. The molecule has 0 saturated carbocycles. The predicted octanol–water partition coefficient (Wildman–Crippen LogP) is 2.03. The quantitative estimate of drug-likeness (QED) is 0.629. The molecule has 0 spiro atoms. The lowest BCUT2D eigenvalue weighted by atomic mass is 10.1. The van der Waals surface area contributed by atoms with E-state index in [9.17, 15) is 0 Å². The van der Waals surface area contributed by atoms with E-state index in [1.54, 1.807) is 0 Å². The summed E-state index contributed by atoms with van der Waals surface area (Å²) in [5.41, 5.74) is 1.17. The van der Waals surface area contributed by atoms with E-state index in [1.807, 2.05) is 18.3 Å². The Bertz CT molecular complexity index is 330. The van der Waals surface area contributed by atoms with Crippen LogP contribution in [0.2, 0.25) is 0 Å². The zero-order chi connectivity index (χ0) is 10.2. The van der Waals surface area contributed by atoms with Gasteiger partial charge in [0.1, 0.15) is 12.5 Å². The van der Waals surface area contributed by atoms with Crippen LogP contribution < -0.4 is 4.74 Å². The minimum Gasteiger partial charge on any atom is -0.476 e. The van der Waals surface area contributed by atoms with Gasteiger partial charge in [0, 0.05) is 18.3 Å². The van der Waals surface area contributed by atoms with E-state index in [1.165, 1.54) is 0 Å². The Labute approximate surface area is 84.7 Å². The monoisotopic (exact) mass is 192 g/mol. The van der Waals surface area contributed by atoms with Crippen LogP contribution in [0.25, 0.3) is 0 Å². The summed E-state index contributed by atoms with van der Waals surface area (Å²) in [6.45, 7) is 8.08. The lowest BCUT2D eigenvalue weighted by molar-refractivity contribution is 0.0197. The van der Waals surface area contributed by atoms with Gasteiger partial charge in [0.2, 0.25) is 0 Å². The first kappa shape index (κ1) is 9.46. The second kappa shape index (κ2) is 3.24. The molecular formula is C11H16N2O. The molecule has 0 fully saturated rings. The SMILES string of the molecule is CC(C)(C)N1COc2cccnc2C1. The molecule has 3 heteroatoms. The fourth-order valence-corrected chi connectivity index (χ4v) is 1.48. The zero-order valence-corrected chi connectivity index (χ0v) is 8.95. The summed E-state index contributed by atoms with van der Waals surface area (Å²) in [5, 5.41) is 0. The molecule has 14 heavy (non-hydrogen) atoms. The second-order valence-electron chi connectivity index (χ2n) is 4.59. The standard InChI is InChI=1S/C11H16N2O/c1-11(2,3)13-7-9-10(14-8-13)5-4-6-12-9/h4-6H,7-8H2,1-3H3. The van der Waals surface area contributed by atoms with Crippen molar-refractivity contribution in [3.05, 3.63) is 24.0 Å². The van der Waals surface area contributed by atoms with E-state index >= 15 is 0 Å². The van der Waals surface area contributed by atoms with Crippen LogP contribution in [0.3, 0.4) is 0 Å². The van der Waals surface area contributed by atoms with Gasteiger partial charge in [-0.3, -0.25) is 9.88 Å². The Kier molecular flexibility index (Phi) is 2.19. The molecule has 0 N–H and O–H groups in total. The Hall–Kier alpha value is -1.09. The number of ether oxygens (including phenoxy) is 1. The summed E-state index contributed by atoms with van der Waals surface area (Å²) >= 11 is 0. The number of hydrogen-bond donors (Lipinski definition) is 0. The largest absolute Gasteiger partial charge is 0.476 e. The molecule has 1 aromatic rings. The van der Waals surface area contributed by atoms with Crippen molar-refractivity contribution in [2.45, 2.75) is 32.9 Å². The van der Waals surface area contributed by atoms with Crippen molar-refractivity contribution in [3.63, 3.8) is 0 Å². The van der Waals surface area contributed by atoms with Crippen molar-refractivity contribution in [3.8, 4) is 5.75 Å². The number of fused-ring (bicyclic) bond motifs is 1. The van der Waals surface area contributed by atoms with E-state index < -0.39 is 0 Å². The number of nitrogens with zero attached hydrogens (tertiary/aromatic N) is 2. The highest BCUT2D eigenvalue weighted by atomic mass is 16.5. The highest BCUT2D eigenvalue weighted by Gasteiger charge is 2.26. The van der Waals surface area contributed by atoms with Gasteiger partial charge in [0.05, 0.1) is 5.69 Å². The molecule has 1 aliphatic rings. The molecule has 3 nitrogen and oxygen atoms in total. The third-order valence-electron chi connectivity index (χ3n) is 2.51. The Morgan fingerprint density at radius 2 is 2.21 bits per heavy atom. The van der Waals surface area contributed by atoms with E-state index in [0.29, 0.717) is 6.73 Å². The van der Waals surface area contributed by atoms with Crippen LogP contribution in [0.5, 0.6) is 5.75 Å². The van der Waals surface area contributed by atoms with Crippen LogP contribution in [-0.4, -0.2) is 22.2 Å². The Balaban J connectivity index is 2.22. The average Bonchev–Trinajstić information content (AvgIpc) is 2.16. The maximum absolute atomic E-state index is 5.63. The number of pyridine rings is 1. The van der Waals surface area contributed by atoms with Gasteiger partial charge in [-0.2, -0.15) is 0 Å². The van der Waals surface area contributed by atoms with Gasteiger partial charge in [-0.05, 0) is 32.9 Å². The normalized spacial score (nSPS) is 17.4. The Morgan fingerprint density at radius 1 is 1.43 bits per heavy atom. The molecule has 0 radical (unpaired) electrons. The van der Waals surface area contributed by atoms with Gasteiger partial charge >= 0.3 is 0 Å². The molecule has 1 aliphatic heterocycles. The molecule has 76 valence electrons. The van der Waals surface area contributed by atoms with Gasteiger partial charge < -0.3 is 4.74 Å². The van der Waals surface area contributed by atoms with Crippen molar-refractivity contribution in [2.75, 3.05) is 6.73 Å². The fraction of sp³-hybridized carbons (Fsp3) is 0.545. The molecular weight excluding hydrogens is 176 g/mol. The van der Waals surface area contributed by atoms with Gasteiger partial charge in [-0.15, -0.1) is 0 Å². The van der Waals surface area contributed by atoms with Gasteiger partial charge in [-0.25, -0.2) is 0 Å². The van der Waals surface area contributed by atoms with Crippen molar-refractivity contribution in [1.29, 1.82) is 0 Å². The van der Waals surface area contributed by atoms with Crippen LogP contribution in [-0.2, 0) is 6.54 Å². The molecule has 2 heterocycles. The maximum atomic E-state index is 5.63. The Morgan fingerprint density at radius 3 is 2.93 bits per heavy atom. The molecule has 2 rings (SSSR count). The molecule has 0 aromatic carbocycles. The highest BCUT2D eigenvalue weighted by molar-refractivity contribution is 5.28. The maximum Gasteiger partial charge on any atom is 0.144 e. The fourth-order valence-electron chi connectivity index (χ4n) is 1.48. The van der Waals surface area contributed by atoms with E-state index in [4.69, 9.17) is 4.74 Å². The van der Waals surface area contributed by atoms with E-state index in [2.05, 4.69) is 30.7 Å². The predicted molar refractivity (Wildman–Crippen MR) is 55.0 cm³/mol. The lowest BCUT2D eigenvalue weighted by Crippen LogP contribution is -2.45. The molecule has 0 bridgehead atoms. The van der Waals surface area contributed by atoms with Crippen molar-refractivity contribution < 1.29 is 4.74 Å². The molecule has 0 amide bonds. The van der Waals surface area contributed by atoms with Gasteiger partial charge in [-0.1, -0.05) is 0 Å². The number of hydrogen-bond acceptors (Lipinski definition) is 3. The first-order valence-corrected chi connectivity index (χ1v) is 4.89. The summed E-state index contributed by atoms with van der Waals surface area (Å²) in [7, 11) is 0. The van der Waals surface area contributed by atoms with Crippen LogP contribution in [0.15, 0.2) is 18.3 Å². The van der Waals surface area contributed by atoms with Gasteiger partial charge in [0.25, 0.3) is 0 Å². The third kappa shape index (κ3) is 1.73. The summed E-state index contributed by atoms with van der Waals surface area (Å²) in [5.74, 6) is 0.924. The zero-order valence-electron chi connectivity index (χ0n) is 8.95. The molecule has 0 saturated heterocycles. The highest BCUT2D eigenvalue weighted by Crippen LogP contribution is 2.26. The molecule has 0 atom stereocenters. The smallest absolute Gasteiger partial charge is 0.144 e. The summed E-state index contributed by atoms with van der Waals surface area (Å²) in [4.78, 5) is 6.58. The van der Waals surface area contributed by atoms with E-state index in [-0.39, 0.29) is 5.54 Å². The first-order valence-electron chi connectivity index (χ1n) is 4.89. The van der Waals surface area contributed by atoms with Crippen LogP contribution in [0, 0.1) is 0 Å². The number of aromatic nitrogens is 1. The summed E-state index contributed by atoms with van der Waals surface area (Å²) < 4.78 is 5.63. The minimum atomic E-state index is 0.134. The molecule has 0 unspecified atom stereocenters. The first-order chi connectivity index (χ1) is 6.57. The van der Waals surface area contributed by atoms with Crippen molar-refractivity contribution >= 4 is 0 Å². The van der Waals surface area contributed by atoms with Gasteiger partial charge in [0.15, 0.2) is 0 Å². The minimum absolute atomic E-state index is 0.134. The second-order valence-corrected chi connectivity index (χ2v) is 4.59. The van der Waals surface area contributed by atoms with Crippen LogP contribution in [0.4, 0.5) is 0 Å².